The minimum Gasteiger partial charge on any atom is -0.508 e. The Morgan fingerprint density at radius 3 is 1.98 bits per heavy atom. The summed E-state index contributed by atoms with van der Waals surface area (Å²) in [6.45, 7) is 4.88. The van der Waals surface area contributed by atoms with Gasteiger partial charge in [0.15, 0.2) is 41.5 Å². The number of fused-ring (bicyclic) bond motifs is 15. The van der Waals surface area contributed by atoms with Gasteiger partial charge in [-0.05, 0) is 134 Å². The van der Waals surface area contributed by atoms with E-state index in [0.717, 1.165) is 77.7 Å². The van der Waals surface area contributed by atoms with Gasteiger partial charge >= 0.3 is 18.1 Å². The van der Waals surface area contributed by atoms with Crippen LogP contribution in [0.1, 0.15) is 136 Å². The molecule has 8 amide bonds. The van der Waals surface area contributed by atoms with E-state index in [9.17, 15) is 85.2 Å². The topological polar surface area (TPSA) is 582 Å². The average Bonchev–Trinajstić information content (AvgIpc) is 1.06. The Bertz CT molecular complexity index is 5020. The van der Waals surface area contributed by atoms with Crippen LogP contribution >= 0.6 is 23.2 Å². The Balaban J connectivity index is 1.04. The van der Waals surface area contributed by atoms with Crippen LogP contribution in [0.25, 0.3) is 11.1 Å². The van der Waals surface area contributed by atoms with Gasteiger partial charge in [0.1, 0.15) is 96.1 Å². The summed E-state index contributed by atoms with van der Waals surface area (Å²) < 4.78 is 44.5. The van der Waals surface area contributed by atoms with Crippen LogP contribution in [0, 0.1) is 22.0 Å². The molecule has 18 atom stereocenters. The van der Waals surface area contributed by atoms with E-state index in [-0.39, 0.29) is 41.3 Å². The lowest BCUT2D eigenvalue weighted by Gasteiger charge is -2.48. The summed E-state index contributed by atoms with van der Waals surface area (Å²) in [7, 11) is 1.20. The van der Waals surface area contributed by atoms with Crippen molar-refractivity contribution in [3.05, 3.63) is 157 Å². The fourth-order valence-electron chi connectivity index (χ4n) is 15.0. The number of aromatic hydroxyl groups is 3. The van der Waals surface area contributed by atoms with Crippen molar-refractivity contribution in [2.45, 2.75) is 188 Å². The minimum absolute atomic E-state index is 0.130. The van der Waals surface area contributed by atoms with E-state index in [1.54, 1.807) is 13.8 Å². The van der Waals surface area contributed by atoms with Crippen LogP contribution in [0.3, 0.4) is 0 Å². The van der Waals surface area contributed by atoms with Crippen molar-refractivity contribution in [2.24, 2.45) is 17.6 Å². The maximum absolute atomic E-state index is 16.4. The highest BCUT2D eigenvalue weighted by Gasteiger charge is 2.53. The second-order valence-electron chi connectivity index (χ2n) is 30.8. The molecule has 11 bridgehead atoms. The van der Waals surface area contributed by atoms with Gasteiger partial charge in [-0.15, -0.1) is 0 Å². The number of ketones is 2. The molecule has 8 aliphatic rings. The number of carboxylic acid groups (broad SMARTS) is 1. The number of urea groups is 1. The molecule has 6 aromatic rings. The number of likely N-dealkylation sites (N-methyl/N-ethyl adjacent to an activating group) is 1. The predicted octanol–water partition coefficient (Wildman–Crippen LogP) is 4.54. The van der Waals surface area contributed by atoms with Crippen molar-refractivity contribution in [2.75, 3.05) is 13.7 Å². The van der Waals surface area contributed by atoms with Crippen LogP contribution in [0.15, 0.2) is 103 Å². The number of rotatable bonds is 18. The van der Waals surface area contributed by atoms with Crippen molar-refractivity contribution in [1.29, 1.82) is 0 Å². The number of phenolic OH excluding ortho intramolecular Hbond substituents is 3. The summed E-state index contributed by atoms with van der Waals surface area (Å²) in [6.07, 6.45) is -22.1. The summed E-state index contributed by atoms with van der Waals surface area (Å²) >= 11 is 14.3. The number of nitrogens with one attached hydrogen (secondary N) is 6. The third kappa shape index (κ3) is 19.3. The molecular weight excluding hydrogens is 1620 g/mol. The fraction of sp³-hybridized carbons (Fsp3) is 0.425. The standard InChI is InChI=1S/C80H87Cl2N9O29/c1-32(2)18-48(90(5)79(111)114-31-34-6-13-41(14-7-34)91(112)113)74(106)87-63-51(96)22-39(25-58(83)98)72(104)85-61-38-23-55(116-53-16-9-36(65(63)99)20-46(53)81)69(120-77-70(68(102)67(101)57(30-92)118-77)119-59-29-80(4,71(103)33(3)115-59)89-78(110)84-40-11-12-40)56(24-38)117-54-17-10-37(21-47(54)82)66(100)64-75(107)86-62(76(108)109)45-26-42(93)27-50(95)60(45)44-19-35(8-15-49(44)94)43(28-52(61)97)73(105)88-64/h6-10,13-17,19-21,23-24,26-27,32-33,39-40,43,48,57,59,61-68,70-71,77,92-95,99-103H,11-12,18,22,25,28-31H2,1-5H3,(H2,83,98)(H,85,104)(H,86,107)(H,87,106)(H,88,105)(H,108,109)(H2,84,89,110)/t33-,39-,43+,48+,57+,59-,61+,62-,63-,64-,65+,66+,67+,68-,70+,71+,77-,80-/m0/s1. The molecule has 0 radical (unpaired) electrons. The van der Waals surface area contributed by atoms with Crippen molar-refractivity contribution < 1.29 is 137 Å². The number of halogens is 2. The second kappa shape index (κ2) is 36.2. The van der Waals surface area contributed by atoms with E-state index in [0.29, 0.717) is 18.4 Å². The van der Waals surface area contributed by atoms with Gasteiger partial charge in [0.25, 0.3) is 5.69 Å². The third-order valence-electron chi connectivity index (χ3n) is 21.5. The summed E-state index contributed by atoms with van der Waals surface area (Å²) in [5.74, 6) is -20.5. The highest BCUT2D eigenvalue weighted by molar-refractivity contribution is 6.32. The molecular formula is C80H87Cl2N9O29. The summed E-state index contributed by atoms with van der Waals surface area (Å²) in [4.78, 5) is 159. The third-order valence-corrected chi connectivity index (χ3v) is 22.1. The molecule has 7 aliphatic heterocycles. The van der Waals surface area contributed by atoms with E-state index in [1.807, 2.05) is 0 Å². The quantitative estimate of drug-likeness (QED) is 0.0415. The molecule has 18 N–H and O–H groups in total. The molecule has 6 aromatic carbocycles. The Morgan fingerprint density at radius 2 is 1.38 bits per heavy atom. The average molecular weight is 1710 g/mol. The van der Waals surface area contributed by atoms with Crippen LogP contribution in [-0.2, 0) is 63.9 Å². The number of nitrogens with two attached hydrogens (primary N) is 1. The van der Waals surface area contributed by atoms with Crippen molar-refractivity contribution in [3.63, 3.8) is 0 Å². The van der Waals surface area contributed by atoms with Crippen LogP contribution in [0.2, 0.25) is 10.0 Å². The Morgan fingerprint density at radius 1 is 0.742 bits per heavy atom. The predicted molar refractivity (Wildman–Crippen MR) is 414 cm³/mol. The zero-order valence-corrected chi connectivity index (χ0v) is 66.1. The Labute approximate surface area is 692 Å². The van der Waals surface area contributed by atoms with Gasteiger partial charge in [-0.2, -0.15) is 0 Å². The number of aliphatic hydroxyl groups excluding tert-OH is 6. The lowest BCUT2D eigenvalue weighted by molar-refractivity contribution is -0.384. The molecule has 7 heterocycles. The summed E-state index contributed by atoms with van der Waals surface area (Å²) in [5, 5.41) is 142. The molecule has 0 spiro atoms. The number of hydrogen-bond donors (Lipinski definition) is 17. The van der Waals surface area contributed by atoms with Crippen LogP contribution in [-0.4, -0.2) is 213 Å². The van der Waals surface area contributed by atoms with E-state index in [2.05, 4.69) is 31.9 Å². The van der Waals surface area contributed by atoms with E-state index in [4.69, 9.17) is 62.1 Å². The van der Waals surface area contributed by atoms with Crippen LogP contribution < -0.4 is 51.8 Å². The normalized spacial score (nSPS) is 27.2. The number of primary amides is 1. The van der Waals surface area contributed by atoms with E-state index < -0.39 is 290 Å². The van der Waals surface area contributed by atoms with Gasteiger partial charge in [-0.3, -0.25) is 48.6 Å². The summed E-state index contributed by atoms with van der Waals surface area (Å²) in [5.41, 5.74) is 1.50. The molecule has 3 fully saturated rings. The number of carbonyl (C=O) groups is 10. The SMILES string of the molecule is CC(C)C[C@H](C(=O)N[C@H]1C(=O)C[C@@H](CC(N)=O)C(=O)N[C@H]2C(=O)C[C@H]3C(=O)N[C@H](C(=O)N[C@H](C(=O)O)c4cc(O)cc(O)c4-c4cc3ccc4O)[C@H](O)c3ccc(c(Cl)c3)Oc3cc2cc(c3O[C@@H]2O[C@H](CO)[C@@H](O)[C@H](O)[C@H]2O[C@H]2C[C@](C)(NC(=O)NC3CC3)[C@H](O)[C@H](C)O2)Oc2ccc(cc2Cl)[C@H]1O)N(C)C(=O)OCc1ccc([N+](=O)[O-])cc1. The van der Waals surface area contributed by atoms with Gasteiger partial charge in [0.2, 0.25) is 41.6 Å². The molecule has 120 heavy (non-hydrogen) atoms. The Hall–Kier alpha value is -11.6. The lowest BCUT2D eigenvalue weighted by Crippen LogP contribution is -2.67. The maximum atomic E-state index is 16.4. The molecule has 38 nitrogen and oxygen atoms in total. The first kappa shape index (κ1) is 87.7. The summed E-state index contributed by atoms with van der Waals surface area (Å²) in [6, 6.07) is 7.17. The van der Waals surface area contributed by atoms with Crippen molar-refractivity contribution >= 4 is 88.1 Å². The van der Waals surface area contributed by atoms with Crippen molar-refractivity contribution in [3.8, 4) is 57.1 Å². The van der Waals surface area contributed by atoms with E-state index in [1.165, 1.54) is 51.2 Å². The number of aliphatic hydroxyl groups is 6. The number of carboxylic acids is 1. The number of benzene rings is 6. The van der Waals surface area contributed by atoms with Gasteiger partial charge in [-0.25, -0.2) is 14.4 Å². The fourth-order valence-corrected chi connectivity index (χ4v) is 15.4. The number of hydrogen-bond acceptors (Lipinski definition) is 28. The zero-order valence-electron chi connectivity index (χ0n) is 64.6. The van der Waals surface area contributed by atoms with E-state index >= 15 is 24.0 Å². The monoisotopic (exact) mass is 1710 g/mol. The number of nitrogens with zero attached hydrogens (tertiary/aromatic N) is 2. The molecule has 1 aliphatic carbocycles. The molecule has 2 saturated heterocycles. The molecule has 40 heteroatoms. The molecule has 640 valence electrons. The number of carbonyl (C=O) groups excluding carboxylic acids is 9. The van der Waals surface area contributed by atoms with Gasteiger partial charge < -0.3 is 122 Å². The highest BCUT2D eigenvalue weighted by Crippen LogP contribution is 2.51. The first-order valence-electron chi connectivity index (χ1n) is 37.9. The van der Waals surface area contributed by atoms with Gasteiger partial charge in [-0.1, -0.05) is 55.2 Å². The first-order valence-corrected chi connectivity index (χ1v) is 38.7. The minimum atomic E-state index is -2.31. The lowest BCUT2D eigenvalue weighted by atomic mass is 9.84. The number of nitro groups is 1. The number of phenols is 3. The van der Waals surface area contributed by atoms with Gasteiger partial charge in [0.05, 0.1) is 45.1 Å². The first-order chi connectivity index (χ1) is 56.8. The molecule has 0 unspecified atom stereocenters. The number of amides is 8. The maximum Gasteiger partial charge on any atom is 0.410 e. The molecule has 14 rings (SSSR count). The number of ether oxygens (including phenoxy) is 7. The largest absolute Gasteiger partial charge is 0.508 e. The molecule has 1 saturated carbocycles. The number of Topliss-reactive ketones (excluding diaryl/α,β-unsaturated/α-hetero) is 2. The number of nitro benzene ring substituents is 1. The second-order valence-corrected chi connectivity index (χ2v) is 31.7. The number of non-ortho nitro benzene ring substituents is 1. The van der Waals surface area contributed by atoms with Gasteiger partial charge in [0, 0.05) is 73.7 Å². The highest BCUT2D eigenvalue weighted by atomic mass is 35.5. The van der Waals surface area contributed by atoms with Crippen LogP contribution in [0.5, 0.6) is 46.0 Å². The smallest absolute Gasteiger partial charge is 0.410 e. The Kier molecular flexibility index (Phi) is 26.5. The van der Waals surface area contributed by atoms with Crippen LogP contribution in [0.4, 0.5) is 15.3 Å². The zero-order chi connectivity index (χ0) is 86.9. The molecule has 0 aromatic heterocycles. The van der Waals surface area contributed by atoms with Crippen molar-refractivity contribution in [1.82, 2.24) is 36.8 Å². The number of aliphatic carboxylic acids is 1.